The first-order valence-electron chi connectivity index (χ1n) is 7.67. The highest BCUT2D eigenvalue weighted by molar-refractivity contribution is 5.83. The number of nitrogens with two attached hydrogens (primary N) is 1. The van der Waals surface area contributed by atoms with Crippen molar-refractivity contribution in [3.8, 4) is 0 Å². The second kappa shape index (κ2) is 6.40. The number of amides is 1. The Morgan fingerprint density at radius 1 is 1.30 bits per heavy atom. The van der Waals surface area contributed by atoms with Gasteiger partial charge >= 0.3 is 0 Å². The number of aryl methyl sites for hydroxylation is 1. The van der Waals surface area contributed by atoms with Crippen LogP contribution in [0.1, 0.15) is 43.7 Å². The molecule has 1 aromatic rings. The van der Waals surface area contributed by atoms with E-state index in [1.165, 1.54) is 11.1 Å². The zero-order valence-electron chi connectivity index (χ0n) is 12.7. The molecule has 2 N–H and O–H groups in total. The van der Waals surface area contributed by atoms with Gasteiger partial charge in [0.15, 0.2) is 0 Å². The molecule has 3 nitrogen and oxygen atoms in total. The van der Waals surface area contributed by atoms with Gasteiger partial charge in [0, 0.05) is 19.6 Å². The van der Waals surface area contributed by atoms with E-state index >= 15 is 0 Å². The summed E-state index contributed by atoms with van der Waals surface area (Å²) in [5.74, 6) is 0.253. The van der Waals surface area contributed by atoms with Gasteiger partial charge < -0.3 is 10.6 Å². The Morgan fingerprint density at radius 3 is 2.50 bits per heavy atom. The predicted molar refractivity (Wildman–Crippen MR) is 82.2 cm³/mol. The molecule has 0 spiro atoms. The minimum atomic E-state index is -0.293. The largest absolute Gasteiger partial charge is 0.338 e. The molecule has 0 saturated heterocycles. The number of nitrogens with zero attached hydrogens (tertiary/aromatic N) is 1. The minimum absolute atomic E-state index is 0.253. The highest BCUT2D eigenvalue weighted by atomic mass is 16.2. The van der Waals surface area contributed by atoms with Crippen LogP contribution in [0.15, 0.2) is 24.3 Å². The second-order valence-corrected chi connectivity index (χ2v) is 5.94. The first-order valence-corrected chi connectivity index (χ1v) is 7.67. The number of benzene rings is 1. The van der Waals surface area contributed by atoms with Crippen molar-refractivity contribution in [2.45, 2.75) is 46.1 Å². The number of carbonyl (C=O) groups is 1. The first-order chi connectivity index (χ1) is 9.63. The monoisotopic (exact) mass is 274 g/mol. The standard InChI is InChI=1S/C17H26N2O/c1-3-19(12-15-9-5-4-8-14(15)2)16(20)17(13-18)10-6-7-11-17/h4-5,8-9H,3,6-7,10-13,18H2,1-2H3. The van der Waals surface area contributed by atoms with Crippen LogP contribution in [-0.2, 0) is 11.3 Å². The van der Waals surface area contributed by atoms with Gasteiger partial charge in [0.2, 0.25) is 5.91 Å². The average molecular weight is 274 g/mol. The van der Waals surface area contributed by atoms with E-state index in [4.69, 9.17) is 5.73 Å². The van der Waals surface area contributed by atoms with Crippen molar-refractivity contribution in [3.63, 3.8) is 0 Å². The lowest BCUT2D eigenvalue weighted by Gasteiger charge is -2.33. The van der Waals surface area contributed by atoms with Gasteiger partial charge in [0.05, 0.1) is 5.41 Å². The Hall–Kier alpha value is -1.35. The van der Waals surface area contributed by atoms with Crippen LogP contribution >= 0.6 is 0 Å². The lowest BCUT2D eigenvalue weighted by Crippen LogP contribution is -2.46. The van der Waals surface area contributed by atoms with E-state index in [1.807, 2.05) is 17.0 Å². The van der Waals surface area contributed by atoms with Crippen molar-refractivity contribution in [1.82, 2.24) is 4.90 Å². The quantitative estimate of drug-likeness (QED) is 0.897. The first kappa shape index (κ1) is 15.0. The van der Waals surface area contributed by atoms with Crippen molar-refractivity contribution in [1.29, 1.82) is 0 Å². The van der Waals surface area contributed by atoms with Crippen LogP contribution in [-0.4, -0.2) is 23.9 Å². The lowest BCUT2D eigenvalue weighted by atomic mass is 9.84. The van der Waals surface area contributed by atoms with Crippen molar-refractivity contribution in [3.05, 3.63) is 35.4 Å². The third-order valence-corrected chi connectivity index (χ3v) is 4.70. The smallest absolute Gasteiger partial charge is 0.230 e. The summed E-state index contributed by atoms with van der Waals surface area (Å²) in [4.78, 5) is 14.9. The van der Waals surface area contributed by atoms with Crippen molar-refractivity contribution >= 4 is 5.91 Å². The maximum atomic E-state index is 12.9. The van der Waals surface area contributed by atoms with Gasteiger partial charge in [-0.3, -0.25) is 4.79 Å². The Kier molecular flexibility index (Phi) is 4.81. The van der Waals surface area contributed by atoms with Gasteiger partial charge in [-0.15, -0.1) is 0 Å². The topological polar surface area (TPSA) is 46.3 Å². The molecule has 0 radical (unpaired) electrons. The summed E-state index contributed by atoms with van der Waals surface area (Å²) in [5.41, 5.74) is 8.12. The maximum Gasteiger partial charge on any atom is 0.230 e. The van der Waals surface area contributed by atoms with Crippen molar-refractivity contribution in [2.75, 3.05) is 13.1 Å². The van der Waals surface area contributed by atoms with Crippen LogP contribution in [0.2, 0.25) is 0 Å². The molecule has 110 valence electrons. The molecular formula is C17H26N2O. The average Bonchev–Trinajstić information content (AvgIpc) is 2.96. The van der Waals surface area contributed by atoms with Gasteiger partial charge in [0.1, 0.15) is 0 Å². The summed E-state index contributed by atoms with van der Waals surface area (Å²) >= 11 is 0. The molecule has 0 aliphatic heterocycles. The van der Waals surface area contributed by atoms with E-state index in [0.717, 1.165) is 32.2 Å². The zero-order chi connectivity index (χ0) is 14.6. The fourth-order valence-electron chi connectivity index (χ4n) is 3.21. The molecule has 1 amide bonds. The van der Waals surface area contributed by atoms with Crippen LogP contribution < -0.4 is 5.73 Å². The molecule has 0 aromatic heterocycles. The Bertz CT molecular complexity index is 464. The molecule has 1 saturated carbocycles. The number of rotatable bonds is 5. The van der Waals surface area contributed by atoms with E-state index in [9.17, 15) is 4.79 Å². The second-order valence-electron chi connectivity index (χ2n) is 5.94. The normalized spacial score (nSPS) is 17.1. The van der Waals surface area contributed by atoms with Gasteiger partial charge in [-0.05, 0) is 37.8 Å². The maximum absolute atomic E-state index is 12.9. The third-order valence-electron chi connectivity index (χ3n) is 4.70. The van der Waals surface area contributed by atoms with Gasteiger partial charge in [-0.25, -0.2) is 0 Å². The minimum Gasteiger partial charge on any atom is -0.338 e. The van der Waals surface area contributed by atoms with Gasteiger partial charge in [-0.2, -0.15) is 0 Å². The van der Waals surface area contributed by atoms with E-state index in [1.54, 1.807) is 0 Å². The third kappa shape index (κ3) is 2.88. The summed E-state index contributed by atoms with van der Waals surface area (Å²) in [5, 5.41) is 0. The summed E-state index contributed by atoms with van der Waals surface area (Å²) in [6.07, 6.45) is 4.16. The summed E-state index contributed by atoms with van der Waals surface area (Å²) in [6, 6.07) is 8.28. The van der Waals surface area contributed by atoms with E-state index in [0.29, 0.717) is 13.1 Å². The van der Waals surface area contributed by atoms with Crippen LogP contribution in [0.5, 0.6) is 0 Å². The summed E-state index contributed by atoms with van der Waals surface area (Å²) < 4.78 is 0. The SMILES string of the molecule is CCN(Cc1ccccc1C)C(=O)C1(CN)CCCC1. The Morgan fingerprint density at radius 2 is 1.95 bits per heavy atom. The number of hydrogen-bond donors (Lipinski definition) is 1. The molecule has 1 aromatic carbocycles. The lowest BCUT2D eigenvalue weighted by molar-refractivity contribution is -0.141. The van der Waals surface area contributed by atoms with Crippen LogP contribution in [0.3, 0.4) is 0 Å². The van der Waals surface area contributed by atoms with Crippen LogP contribution in [0.25, 0.3) is 0 Å². The van der Waals surface area contributed by atoms with Gasteiger partial charge in [-0.1, -0.05) is 37.1 Å². The summed E-state index contributed by atoms with van der Waals surface area (Å²) in [6.45, 7) is 6.08. The molecule has 2 rings (SSSR count). The van der Waals surface area contributed by atoms with Gasteiger partial charge in [0.25, 0.3) is 0 Å². The number of carbonyl (C=O) groups excluding carboxylic acids is 1. The van der Waals surface area contributed by atoms with Crippen LogP contribution in [0, 0.1) is 12.3 Å². The summed E-state index contributed by atoms with van der Waals surface area (Å²) in [7, 11) is 0. The molecule has 0 bridgehead atoms. The molecule has 1 fully saturated rings. The number of hydrogen-bond acceptors (Lipinski definition) is 2. The highest BCUT2D eigenvalue weighted by Gasteiger charge is 2.41. The zero-order valence-corrected chi connectivity index (χ0v) is 12.7. The van der Waals surface area contributed by atoms with Crippen LogP contribution in [0.4, 0.5) is 0 Å². The van der Waals surface area contributed by atoms with Crippen molar-refractivity contribution < 1.29 is 4.79 Å². The highest BCUT2D eigenvalue weighted by Crippen LogP contribution is 2.39. The Labute approximate surface area is 122 Å². The van der Waals surface area contributed by atoms with E-state index in [2.05, 4.69) is 26.0 Å². The fourth-order valence-corrected chi connectivity index (χ4v) is 3.21. The van der Waals surface area contributed by atoms with Crippen molar-refractivity contribution in [2.24, 2.45) is 11.1 Å². The fraction of sp³-hybridized carbons (Fsp3) is 0.588. The molecule has 0 heterocycles. The molecular weight excluding hydrogens is 248 g/mol. The predicted octanol–water partition coefficient (Wildman–Crippen LogP) is 2.86. The van der Waals surface area contributed by atoms with E-state index in [-0.39, 0.29) is 11.3 Å². The molecule has 0 atom stereocenters. The molecule has 3 heteroatoms. The molecule has 20 heavy (non-hydrogen) atoms. The Balaban J connectivity index is 2.16. The molecule has 1 aliphatic carbocycles. The molecule has 0 unspecified atom stereocenters. The molecule has 1 aliphatic rings. The van der Waals surface area contributed by atoms with E-state index < -0.39 is 0 Å².